The van der Waals surface area contributed by atoms with Crippen molar-refractivity contribution in [2.75, 3.05) is 0 Å². The lowest BCUT2D eigenvalue weighted by Gasteiger charge is -1.93. The summed E-state index contributed by atoms with van der Waals surface area (Å²) in [6.07, 6.45) is 3.27. The lowest BCUT2D eigenvalue weighted by molar-refractivity contribution is 0.366. The molecule has 0 radical (unpaired) electrons. The highest BCUT2D eigenvalue weighted by atomic mass is 35.5. The highest BCUT2D eigenvalue weighted by Gasteiger charge is 2.09. The van der Waals surface area contributed by atoms with Crippen molar-refractivity contribution in [3.63, 3.8) is 0 Å². The van der Waals surface area contributed by atoms with Gasteiger partial charge in [-0.25, -0.2) is 0 Å². The minimum absolute atomic E-state index is 0.409. The molecule has 0 N–H and O–H groups in total. The molecule has 3 aromatic rings. The predicted octanol–water partition coefficient (Wildman–Crippen LogP) is 2.63. The molecule has 5 nitrogen and oxygen atoms in total. The summed E-state index contributed by atoms with van der Waals surface area (Å²) in [6, 6.07) is 9.66. The topological polar surface area (TPSA) is 56.7 Å². The maximum atomic E-state index is 5.78. The molecule has 3 rings (SSSR count). The van der Waals surface area contributed by atoms with E-state index in [1.807, 2.05) is 30.3 Å². The van der Waals surface area contributed by atoms with Crippen LogP contribution in [0.5, 0.6) is 0 Å². The lowest BCUT2D eigenvalue weighted by Crippen LogP contribution is -1.99. The van der Waals surface area contributed by atoms with Gasteiger partial charge in [0.25, 0.3) is 0 Å². The van der Waals surface area contributed by atoms with E-state index in [0.717, 1.165) is 5.56 Å². The number of hydrogen-bond donors (Lipinski definition) is 0. The molecular weight excluding hydrogens is 252 g/mol. The number of benzene rings is 1. The van der Waals surface area contributed by atoms with Crippen molar-refractivity contribution in [1.29, 1.82) is 0 Å². The van der Waals surface area contributed by atoms with E-state index < -0.39 is 0 Å². The van der Waals surface area contributed by atoms with E-state index in [1.165, 1.54) is 0 Å². The molecule has 18 heavy (non-hydrogen) atoms. The van der Waals surface area contributed by atoms with Crippen LogP contribution in [0.15, 0.2) is 47.2 Å². The van der Waals surface area contributed by atoms with Crippen molar-refractivity contribution in [2.24, 2.45) is 0 Å². The number of aromatic nitrogens is 4. The molecule has 0 spiro atoms. The minimum Gasteiger partial charge on any atom is -0.337 e. The molecule has 0 aliphatic heterocycles. The first-order chi connectivity index (χ1) is 8.81. The Balaban J connectivity index is 1.82. The molecule has 0 saturated heterocycles. The zero-order chi connectivity index (χ0) is 12.4. The summed E-state index contributed by atoms with van der Waals surface area (Å²) in [5, 5.41) is 8.56. The molecule has 0 atom stereocenters. The fourth-order valence-electron chi connectivity index (χ4n) is 1.59. The van der Waals surface area contributed by atoms with Crippen molar-refractivity contribution in [1.82, 2.24) is 19.9 Å². The molecule has 0 unspecified atom stereocenters. The molecule has 0 bridgehead atoms. The van der Waals surface area contributed by atoms with Gasteiger partial charge in [-0.05, 0) is 0 Å². The third-order valence-corrected chi connectivity index (χ3v) is 2.59. The van der Waals surface area contributed by atoms with Gasteiger partial charge in [-0.3, -0.25) is 4.68 Å². The van der Waals surface area contributed by atoms with Crippen LogP contribution in [0.3, 0.4) is 0 Å². The molecule has 6 heteroatoms. The van der Waals surface area contributed by atoms with Crippen LogP contribution < -0.4 is 0 Å². The van der Waals surface area contributed by atoms with Gasteiger partial charge in [0.05, 0.1) is 11.2 Å². The molecule has 0 amide bonds. The fraction of sp³-hybridized carbons (Fsp3) is 0.0833. The van der Waals surface area contributed by atoms with Crippen LogP contribution in [0.2, 0.25) is 5.02 Å². The average molecular weight is 261 g/mol. The molecule has 1 aromatic carbocycles. The van der Waals surface area contributed by atoms with Gasteiger partial charge in [0.2, 0.25) is 11.7 Å². The second-order valence-corrected chi connectivity index (χ2v) is 4.17. The molecule has 2 aromatic heterocycles. The van der Waals surface area contributed by atoms with Crippen LogP contribution in [0, 0.1) is 0 Å². The Hall–Kier alpha value is -2.14. The van der Waals surface area contributed by atoms with E-state index in [1.54, 1.807) is 17.1 Å². The Morgan fingerprint density at radius 1 is 1.22 bits per heavy atom. The third kappa shape index (κ3) is 2.26. The average Bonchev–Trinajstić information content (AvgIpc) is 3.01. The number of nitrogens with zero attached hydrogens (tertiary/aromatic N) is 4. The van der Waals surface area contributed by atoms with Gasteiger partial charge in [-0.2, -0.15) is 10.1 Å². The zero-order valence-electron chi connectivity index (χ0n) is 9.32. The third-order valence-electron chi connectivity index (χ3n) is 2.40. The monoisotopic (exact) mass is 260 g/mol. The Morgan fingerprint density at radius 2 is 2.06 bits per heavy atom. The molecule has 2 heterocycles. The molecular formula is C12H9ClN4O. The Morgan fingerprint density at radius 3 is 2.78 bits per heavy atom. The van der Waals surface area contributed by atoms with Crippen molar-refractivity contribution < 1.29 is 4.52 Å². The Kier molecular flexibility index (Phi) is 2.82. The second-order valence-electron chi connectivity index (χ2n) is 3.73. The van der Waals surface area contributed by atoms with E-state index in [4.69, 9.17) is 16.1 Å². The minimum atomic E-state index is 0.409. The summed E-state index contributed by atoms with van der Waals surface area (Å²) >= 11 is 5.78. The second kappa shape index (κ2) is 4.62. The Bertz CT molecular complexity index is 647. The molecule has 0 aliphatic carbocycles. The summed E-state index contributed by atoms with van der Waals surface area (Å²) in [6.45, 7) is 0.409. The zero-order valence-corrected chi connectivity index (χ0v) is 10.1. The van der Waals surface area contributed by atoms with Gasteiger partial charge >= 0.3 is 0 Å². The molecule has 90 valence electrons. The van der Waals surface area contributed by atoms with Gasteiger partial charge in [0, 0.05) is 11.8 Å². The predicted molar refractivity (Wildman–Crippen MR) is 66.1 cm³/mol. The number of hydrogen-bond acceptors (Lipinski definition) is 4. The van der Waals surface area contributed by atoms with Crippen LogP contribution in [-0.2, 0) is 6.54 Å². The van der Waals surface area contributed by atoms with E-state index in [-0.39, 0.29) is 0 Å². The van der Waals surface area contributed by atoms with Crippen LogP contribution in [0.25, 0.3) is 11.4 Å². The van der Waals surface area contributed by atoms with Crippen LogP contribution in [-0.4, -0.2) is 19.9 Å². The first-order valence-corrected chi connectivity index (χ1v) is 5.75. The normalized spacial score (nSPS) is 10.7. The molecule has 0 aliphatic rings. The maximum absolute atomic E-state index is 5.78. The van der Waals surface area contributed by atoms with E-state index in [9.17, 15) is 0 Å². The summed E-state index contributed by atoms with van der Waals surface area (Å²) in [4.78, 5) is 4.30. The SMILES string of the molecule is Clc1cnn(Cc2nc(-c3ccccc3)no2)c1. The van der Waals surface area contributed by atoms with E-state index >= 15 is 0 Å². The van der Waals surface area contributed by atoms with Gasteiger partial charge in [0.15, 0.2) is 0 Å². The Labute approximate surface area is 108 Å². The van der Waals surface area contributed by atoms with E-state index in [0.29, 0.717) is 23.3 Å². The van der Waals surface area contributed by atoms with Crippen LogP contribution in [0.4, 0.5) is 0 Å². The van der Waals surface area contributed by atoms with Gasteiger partial charge < -0.3 is 4.52 Å². The summed E-state index contributed by atoms with van der Waals surface area (Å²) in [5.41, 5.74) is 0.922. The smallest absolute Gasteiger partial charge is 0.248 e. The summed E-state index contributed by atoms with van der Waals surface area (Å²) in [7, 11) is 0. The number of rotatable bonds is 3. The van der Waals surface area contributed by atoms with E-state index in [2.05, 4.69) is 15.2 Å². The van der Waals surface area contributed by atoms with Crippen molar-refractivity contribution in [2.45, 2.75) is 6.54 Å². The number of halogens is 1. The van der Waals surface area contributed by atoms with Gasteiger partial charge in [-0.1, -0.05) is 47.1 Å². The van der Waals surface area contributed by atoms with Crippen molar-refractivity contribution in [3.8, 4) is 11.4 Å². The van der Waals surface area contributed by atoms with Crippen molar-refractivity contribution >= 4 is 11.6 Å². The maximum Gasteiger partial charge on any atom is 0.248 e. The highest BCUT2D eigenvalue weighted by Crippen LogP contribution is 2.15. The van der Waals surface area contributed by atoms with Crippen LogP contribution in [0.1, 0.15) is 5.89 Å². The van der Waals surface area contributed by atoms with Gasteiger partial charge in [-0.15, -0.1) is 0 Å². The summed E-state index contributed by atoms with van der Waals surface area (Å²) in [5.74, 6) is 1.07. The summed E-state index contributed by atoms with van der Waals surface area (Å²) < 4.78 is 6.81. The largest absolute Gasteiger partial charge is 0.337 e. The van der Waals surface area contributed by atoms with Crippen molar-refractivity contribution in [3.05, 3.63) is 53.6 Å². The van der Waals surface area contributed by atoms with Gasteiger partial charge in [0.1, 0.15) is 6.54 Å². The lowest BCUT2D eigenvalue weighted by atomic mass is 10.2. The first kappa shape index (κ1) is 11.0. The molecule has 0 fully saturated rings. The standard InChI is InChI=1S/C12H9ClN4O/c13-10-6-14-17(7-10)8-11-15-12(16-18-11)9-4-2-1-3-5-9/h1-7H,8H2. The quantitative estimate of drug-likeness (QED) is 0.726. The first-order valence-electron chi connectivity index (χ1n) is 5.37. The van der Waals surface area contributed by atoms with Crippen LogP contribution >= 0.6 is 11.6 Å². The fourth-order valence-corrected chi connectivity index (χ4v) is 1.74. The highest BCUT2D eigenvalue weighted by molar-refractivity contribution is 6.30. The molecule has 0 saturated carbocycles.